The van der Waals surface area contributed by atoms with Gasteiger partial charge in [0.2, 0.25) is 0 Å². The largest absolute Gasteiger partial charge is 0.313 e. The first-order valence-electron chi connectivity index (χ1n) is 7.67. The van der Waals surface area contributed by atoms with Gasteiger partial charge in [-0.15, -0.1) is 5.92 Å². The van der Waals surface area contributed by atoms with Gasteiger partial charge in [-0.05, 0) is 52.0 Å². The molecule has 0 radical (unpaired) electrons. The van der Waals surface area contributed by atoms with Crippen LogP contribution in [-0.2, 0) is 0 Å². The Bertz CT molecular complexity index is 289. The number of nitrogens with one attached hydrogen (secondary N) is 1. The molecule has 0 saturated heterocycles. The van der Waals surface area contributed by atoms with Gasteiger partial charge in [0.25, 0.3) is 0 Å². The van der Waals surface area contributed by atoms with Crippen LogP contribution in [0.15, 0.2) is 0 Å². The predicted octanol–water partition coefficient (Wildman–Crippen LogP) is 4.23. The molecular formula is C17H31N. The van der Waals surface area contributed by atoms with Gasteiger partial charge >= 0.3 is 0 Å². The summed E-state index contributed by atoms with van der Waals surface area (Å²) in [6.07, 6.45) is 6.43. The van der Waals surface area contributed by atoms with Crippen LogP contribution in [0.4, 0.5) is 0 Å². The fraction of sp³-hybridized carbons (Fsp3) is 0.882. The average molecular weight is 249 g/mol. The molecule has 3 atom stereocenters. The Balaban J connectivity index is 2.57. The molecule has 0 aromatic heterocycles. The lowest BCUT2D eigenvalue weighted by atomic mass is 9.88. The number of rotatable bonds is 5. The maximum Gasteiger partial charge on any atom is 0.0246 e. The van der Waals surface area contributed by atoms with E-state index in [2.05, 4.69) is 51.8 Å². The zero-order valence-electron chi connectivity index (χ0n) is 13.0. The molecule has 1 aliphatic carbocycles. The topological polar surface area (TPSA) is 12.0 Å². The van der Waals surface area contributed by atoms with Gasteiger partial charge in [-0.25, -0.2) is 0 Å². The van der Waals surface area contributed by atoms with Gasteiger partial charge in [-0.3, -0.25) is 0 Å². The molecule has 1 nitrogen and oxygen atoms in total. The molecule has 0 heterocycles. The van der Waals surface area contributed by atoms with E-state index in [0.717, 1.165) is 24.8 Å². The first-order chi connectivity index (χ1) is 8.44. The quantitative estimate of drug-likeness (QED) is 0.719. The van der Waals surface area contributed by atoms with Crippen molar-refractivity contribution in [2.24, 2.45) is 17.3 Å². The fourth-order valence-corrected chi connectivity index (χ4v) is 2.90. The lowest BCUT2D eigenvalue weighted by Gasteiger charge is -2.26. The molecule has 1 heteroatoms. The number of hydrogen-bond donors (Lipinski definition) is 1. The zero-order valence-corrected chi connectivity index (χ0v) is 13.0. The van der Waals surface area contributed by atoms with E-state index in [9.17, 15) is 0 Å². The lowest BCUT2D eigenvalue weighted by Crippen LogP contribution is -2.37. The van der Waals surface area contributed by atoms with Crippen LogP contribution in [0.5, 0.6) is 0 Å². The molecule has 0 amide bonds. The van der Waals surface area contributed by atoms with Crippen molar-refractivity contribution < 1.29 is 0 Å². The highest BCUT2D eigenvalue weighted by Crippen LogP contribution is 2.34. The molecule has 1 aliphatic rings. The van der Waals surface area contributed by atoms with Crippen LogP contribution < -0.4 is 5.32 Å². The van der Waals surface area contributed by atoms with Gasteiger partial charge in [-0.2, -0.15) is 0 Å². The molecule has 1 saturated carbocycles. The van der Waals surface area contributed by atoms with E-state index in [1.54, 1.807) is 0 Å². The highest BCUT2D eigenvalue weighted by Gasteiger charge is 2.29. The summed E-state index contributed by atoms with van der Waals surface area (Å²) in [4.78, 5) is 0. The lowest BCUT2D eigenvalue weighted by molar-refractivity contribution is 0.300. The molecule has 1 N–H and O–H groups in total. The van der Waals surface area contributed by atoms with Crippen molar-refractivity contribution in [1.29, 1.82) is 0 Å². The van der Waals surface area contributed by atoms with Gasteiger partial charge in [-0.1, -0.05) is 32.6 Å². The maximum atomic E-state index is 3.73. The molecular weight excluding hydrogens is 218 g/mol. The first-order valence-corrected chi connectivity index (χ1v) is 7.67. The van der Waals surface area contributed by atoms with Crippen molar-refractivity contribution in [3.05, 3.63) is 0 Å². The third-order valence-electron chi connectivity index (χ3n) is 3.89. The maximum absolute atomic E-state index is 3.73. The van der Waals surface area contributed by atoms with Gasteiger partial charge in [0.1, 0.15) is 0 Å². The summed E-state index contributed by atoms with van der Waals surface area (Å²) in [5.41, 5.74) is 0.136. The molecule has 104 valence electrons. The van der Waals surface area contributed by atoms with E-state index in [1.165, 1.54) is 25.7 Å². The number of hydrogen-bond acceptors (Lipinski definition) is 1. The molecule has 0 aromatic rings. The Kier molecular flexibility index (Phi) is 6.22. The Morgan fingerprint density at radius 2 is 2.00 bits per heavy atom. The third-order valence-corrected chi connectivity index (χ3v) is 3.89. The van der Waals surface area contributed by atoms with Crippen molar-refractivity contribution in [1.82, 2.24) is 5.32 Å². The summed E-state index contributed by atoms with van der Waals surface area (Å²) in [5, 5.41) is 3.73. The second-order valence-corrected chi connectivity index (χ2v) is 6.89. The van der Waals surface area contributed by atoms with Crippen LogP contribution >= 0.6 is 0 Å². The van der Waals surface area contributed by atoms with Crippen molar-refractivity contribution in [3.63, 3.8) is 0 Å². The molecule has 0 aliphatic heterocycles. The summed E-state index contributed by atoms with van der Waals surface area (Å²) in [7, 11) is 0. The Morgan fingerprint density at radius 1 is 1.28 bits per heavy atom. The van der Waals surface area contributed by atoms with E-state index >= 15 is 0 Å². The summed E-state index contributed by atoms with van der Waals surface area (Å²) < 4.78 is 0. The standard InChI is InChI=1S/C17H31N/c1-6-13-18-16(11-8-12-17(3,4)5)15-10-7-9-14(15)2/h14-16,18H,6-7,9-11,13H2,1-5H3. The van der Waals surface area contributed by atoms with Gasteiger partial charge < -0.3 is 5.32 Å². The van der Waals surface area contributed by atoms with E-state index in [-0.39, 0.29) is 5.41 Å². The highest BCUT2D eigenvalue weighted by atomic mass is 14.9. The highest BCUT2D eigenvalue weighted by molar-refractivity contribution is 5.09. The van der Waals surface area contributed by atoms with Crippen LogP contribution in [-0.4, -0.2) is 12.6 Å². The molecule has 1 fully saturated rings. The predicted molar refractivity (Wildman–Crippen MR) is 80.4 cm³/mol. The molecule has 1 rings (SSSR count). The van der Waals surface area contributed by atoms with Crippen molar-refractivity contribution in [2.45, 2.75) is 72.8 Å². The molecule has 0 spiro atoms. The summed E-state index contributed by atoms with van der Waals surface area (Å²) in [6.45, 7) is 12.3. The third kappa shape index (κ3) is 5.44. The van der Waals surface area contributed by atoms with E-state index in [1.807, 2.05) is 0 Å². The van der Waals surface area contributed by atoms with Crippen LogP contribution in [0.1, 0.15) is 66.7 Å². The minimum absolute atomic E-state index is 0.136. The second-order valence-electron chi connectivity index (χ2n) is 6.89. The summed E-state index contributed by atoms with van der Waals surface area (Å²) >= 11 is 0. The normalized spacial score (nSPS) is 25.6. The van der Waals surface area contributed by atoms with Crippen molar-refractivity contribution in [2.75, 3.05) is 6.54 Å². The smallest absolute Gasteiger partial charge is 0.0246 e. The van der Waals surface area contributed by atoms with E-state index in [4.69, 9.17) is 0 Å². The second kappa shape index (κ2) is 7.19. The van der Waals surface area contributed by atoms with Crippen molar-refractivity contribution in [3.8, 4) is 11.8 Å². The van der Waals surface area contributed by atoms with Crippen LogP contribution in [0.25, 0.3) is 0 Å². The first kappa shape index (κ1) is 15.6. The SMILES string of the molecule is CCCNC(CC#CC(C)(C)C)C1CCCC1C. The van der Waals surface area contributed by atoms with Gasteiger partial charge in [0.05, 0.1) is 0 Å². The minimum Gasteiger partial charge on any atom is -0.313 e. The van der Waals surface area contributed by atoms with E-state index in [0.29, 0.717) is 6.04 Å². The summed E-state index contributed by atoms with van der Waals surface area (Å²) in [6, 6.07) is 0.609. The zero-order chi connectivity index (χ0) is 13.6. The van der Waals surface area contributed by atoms with Gasteiger partial charge in [0.15, 0.2) is 0 Å². The summed E-state index contributed by atoms with van der Waals surface area (Å²) in [5.74, 6) is 8.51. The van der Waals surface area contributed by atoms with Gasteiger partial charge in [0, 0.05) is 17.9 Å². The molecule has 3 unspecified atom stereocenters. The molecule has 18 heavy (non-hydrogen) atoms. The Hall–Kier alpha value is -0.480. The Labute approximate surface area is 114 Å². The molecule has 0 bridgehead atoms. The van der Waals surface area contributed by atoms with Crippen molar-refractivity contribution >= 4 is 0 Å². The van der Waals surface area contributed by atoms with E-state index < -0.39 is 0 Å². The van der Waals surface area contributed by atoms with Crippen LogP contribution in [0.3, 0.4) is 0 Å². The van der Waals surface area contributed by atoms with Crippen LogP contribution in [0.2, 0.25) is 0 Å². The minimum atomic E-state index is 0.136. The monoisotopic (exact) mass is 249 g/mol. The molecule has 0 aromatic carbocycles. The Morgan fingerprint density at radius 3 is 2.50 bits per heavy atom. The van der Waals surface area contributed by atoms with Crippen LogP contribution in [0, 0.1) is 29.1 Å². The average Bonchev–Trinajstić information content (AvgIpc) is 2.68. The fourth-order valence-electron chi connectivity index (χ4n) is 2.90.